The number of thiazole rings is 1. The third-order valence-corrected chi connectivity index (χ3v) is 5.57. The van der Waals surface area contributed by atoms with Crippen LogP contribution >= 0.6 is 22.9 Å². The second-order valence-electron chi connectivity index (χ2n) is 6.29. The molecule has 1 aromatic heterocycles. The Morgan fingerprint density at radius 3 is 2.53 bits per heavy atom. The standard InChI is InChI=1S/C22H25ClN2O4S/c1-4-27-12-11-25-17-9-8-16(23)14-20(17)30-22(25)24-21(26)15-7-10-18(28-5-2)19(13-15)29-6-3/h7-10,13-14H,4-6,11-12H2,1-3H3. The molecular weight excluding hydrogens is 424 g/mol. The van der Waals surface area contributed by atoms with E-state index in [9.17, 15) is 4.79 Å². The zero-order valence-corrected chi connectivity index (χ0v) is 18.9. The highest BCUT2D eigenvalue weighted by Crippen LogP contribution is 2.29. The van der Waals surface area contributed by atoms with Crippen LogP contribution in [0, 0.1) is 0 Å². The van der Waals surface area contributed by atoms with Gasteiger partial charge in [0.25, 0.3) is 5.91 Å². The zero-order valence-electron chi connectivity index (χ0n) is 17.3. The zero-order chi connectivity index (χ0) is 21.5. The van der Waals surface area contributed by atoms with Crippen molar-refractivity contribution in [3.05, 3.63) is 51.8 Å². The van der Waals surface area contributed by atoms with E-state index in [1.807, 2.05) is 43.5 Å². The minimum absolute atomic E-state index is 0.346. The lowest BCUT2D eigenvalue weighted by atomic mass is 10.2. The molecule has 2 aromatic carbocycles. The molecule has 8 heteroatoms. The van der Waals surface area contributed by atoms with E-state index in [0.29, 0.717) is 59.9 Å². The van der Waals surface area contributed by atoms with Gasteiger partial charge in [-0.15, -0.1) is 0 Å². The fraction of sp³-hybridized carbons (Fsp3) is 0.364. The lowest BCUT2D eigenvalue weighted by Gasteiger charge is -2.11. The first-order chi connectivity index (χ1) is 14.6. The maximum absolute atomic E-state index is 12.9. The first-order valence-electron chi connectivity index (χ1n) is 9.92. The number of fused-ring (bicyclic) bond motifs is 1. The Morgan fingerprint density at radius 1 is 1.03 bits per heavy atom. The van der Waals surface area contributed by atoms with Crippen LogP contribution < -0.4 is 14.3 Å². The maximum Gasteiger partial charge on any atom is 0.279 e. The number of carbonyl (C=O) groups is 1. The molecule has 0 aliphatic heterocycles. The van der Waals surface area contributed by atoms with E-state index in [-0.39, 0.29) is 5.91 Å². The fourth-order valence-corrected chi connectivity index (χ4v) is 4.31. The molecule has 160 valence electrons. The van der Waals surface area contributed by atoms with Crippen molar-refractivity contribution in [1.82, 2.24) is 4.57 Å². The average Bonchev–Trinajstić information content (AvgIpc) is 3.06. The summed E-state index contributed by atoms with van der Waals surface area (Å²) in [6, 6.07) is 10.8. The van der Waals surface area contributed by atoms with Gasteiger partial charge in [-0.25, -0.2) is 0 Å². The average molecular weight is 449 g/mol. The van der Waals surface area contributed by atoms with E-state index in [0.717, 1.165) is 10.2 Å². The topological polar surface area (TPSA) is 62.1 Å². The van der Waals surface area contributed by atoms with Crippen LogP contribution in [0.2, 0.25) is 5.02 Å². The molecule has 1 amide bonds. The molecular formula is C22H25ClN2O4S. The number of amides is 1. The number of aromatic nitrogens is 1. The summed E-state index contributed by atoms with van der Waals surface area (Å²) in [4.78, 5) is 17.9. The number of nitrogens with zero attached hydrogens (tertiary/aromatic N) is 2. The van der Waals surface area contributed by atoms with Gasteiger partial charge in [0.1, 0.15) is 0 Å². The van der Waals surface area contributed by atoms with E-state index in [4.69, 9.17) is 25.8 Å². The molecule has 0 aliphatic rings. The van der Waals surface area contributed by atoms with Gasteiger partial charge in [-0.1, -0.05) is 22.9 Å². The van der Waals surface area contributed by atoms with E-state index in [2.05, 4.69) is 4.99 Å². The predicted molar refractivity (Wildman–Crippen MR) is 120 cm³/mol. The molecule has 0 atom stereocenters. The number of hydrogen-bond acceptors (Lipinski definition) is 5. The summed E-state index contributed by atoms with van der Waals surface area (Å²) in [5, 5.41) is 0.645. The molecule has 0 radical (unpaired) electrons. The van der Waals surface area contributed by atoms with Crippen LogP contribution in [0.3, 0.4) is 0 Å². The molecule has 0 aliphatic carbocycles. The number of hydrogen-bond donors (Lipinski definition) is 0. The maximum atomic E-state index is 12.9. The molecule has 0 N–H and O–H groups in total. The fourth-order valence-electron chi connectivity index (χ4n) is 2.98. The summed E-state index contributed by atoms with van der Waals surface area (Å²) in [6.45, 7) is 8.49. The lowest BCUT2D eigenvalue weighted by molar-refractivity contribution is 0.0996. The molecule has 0 bridgehead atoms. The SMILES string of the molecule is CCOCCn1c(=NC(=O)c2ccc(OCC)c(OCC)c2)sc2cc(Cl)ccc21. The van der Waals surface area contributed by atoms with Crippen molar-refractivity contribution >= 4 is 39.1 Å². The highest BCUT2D eigenvalue weighted by atomic mass is 35.5. The molecule has 0 spiro atoms. The Morgan fingerprint density at radius 2 is 1.80 bits per heavy atom. The van der Waals surface area contributed by atoms with Crippen LogP contribution in [0.15, 0.2) is 41.4 Å². The Kier molecular flexibility index (Phi) is 7.90. The summed E-state index contributed by atoms with van der Waals surface area (Å²) in [5.74, 6) is 0.800. The molecule has 3 aromatic rings. The van der Waals surface area contributed by atoms with Crippen molar-refractivity contribution in [1.29, 1.82) is 0 Å². The second kappa shape index (κ2) is 10.6. The minimum Gasteiger partial charge on any atom is -0.490 e. The van der Waals surface area contributed by atoms with Gasteiger partial charge < -0.3 is 18.8 Å². The van der Waals surface area contributed by atoms with E-state index < -0.39 is 0 Å². The third-order valence-electron chi connectivity index (χ3n) is 4.30. The lowest BCUT2D eigenvalue weighted by Crippen LogP contribution is -2.19. The van der Waals surface area contributed by atoms with Gasteiger partial charge in [-0.3, -0.25) is 4.79 Å². The molecule has 6 nitrogen and oxygen atoms in total. The summed E-state index contributed by atoms with van der Waals surface area (Å²) in [7, 11) is 0. The van der Waals surface area contributed by atoms with Crippen LogP contribution in [0.5, 0.6) is 11.5 Å². The van der Waals surface area contributed by atoms with Crippen molar-refractivity contribution in [3.63, 3.8) is 0 Å². The predicted octanol–water partition coefficient (Wildman–Crippen LogP) is 4.93. The largest absolute Gasteiger partial charge is 0.490 e. The van der Waals surface area contributed by atoms with Crippen molar-refractivity contribution in [2.75, 3.05) is 26.4 Å². The van der Waals surface area contributed by atoms with Gasteiger partial charge in [-0.2, -0.15) is 4.99 Å². The summed E-state index contributed by atoms with van der Waals surface area (Å²) >= 11 is 7.57. The normalized spacial score (nSPS) is 11.8. The van der Waals surface area contributed by atoms with Gasteiger partial charge >= 0.3 is 0 Å². The second-order valence-corrected chi connectivity index (χ2v) is 7.74. The van der Waals surface area contributed by atoms with Crippen LogP contribution in [0.1, 0.15) is 31.1 Å². The van der Waals surface area contributed by atoms with E-state index >= 15 is 0 Å². The number of rotatable bonds is 9. The van der Waals surface area contributed by atoms with Gasteiger partial charge in [0, 0.05) is 23.7 Å². The molecule has 3 rings (SSSR count). The smallest absolute Gasteiger partial charge is 0.279 e. The Balaban J connectivity index is 2.01. The van der Waals surface area contributed by atoms with E-state index in [1.54, 1.807) is 18.2 Å². The number of halogens is 1. The van der Waals surface area contributed by atoms with Gasteiger partial charge in [-0.05, 0) is 57.2 Å². The molecule has 1 heterocycles. The molecule has 0 saturated heterocycles. The summed E-state index contributed by atoms with van der Waals surface area (Å²) < 4.78 is 19.7. The first-order valence-corrected chi connectivity index (χ1v) is 11.1. The van der Waals surface area contributed by atoms with Gasteiger partial charge in [0.2, 0.25) is 0 Å². The van der Waals surface area contributed by atoms with Crippen molar-refractivity contribution in [2.24, 2.45) is 4.99 Å². The Labute approximate surface area is 184 Å². The monoisotopic (exact) mass is 448 g/mol. The number of carbonyl (C=O) groups excluding carboxylic acids is 1. The highest BCUT2D eigenvalue weighted by Gasteiger charge is 2.13. The molecule has 0 saturated carbocycles. The summed E-state index contributed by atoms with van der Waals surface area (Å²) in [5.41, 5.74) is 1.41. The Hall–Kier alpha value is -2.35. The minimum atomic E-state index is -0.346. The van der Waals surface area contributed by atoms with Crippen LogP contribution in [-0.4, -0.2) is 36.9 Å². The number of ether oxygens (including phenoxy) is 3. The summed E-state index contributed by atoms with van der Waals surface area (Å²) in [6.07, 6.45) is 0. The number of benzene rings is 2. The Bertz CT molecular complexity index is 1090. The van der Waals surface area contributed by atoms with Crippen LogP contribution in [-0.2, 0) is 11.3 Å². The molecule has 30 heavy (non-hydrogen) atoms. The quantitative estimate of drug-likeness (QED) is 0.435. The third kappa shape index (κ3) is 5.22. The molecule has 0 fully saturated rings. The van der Waals surface area contributed by atoms with Gasteiger partial charge in [0.15, 0.2) is 16.3 Å². The van der Waals surface area contributed by atoms with Gasteiger partial charge in [0.05, 0.1) is 30.0 Å². The van der Waals surface area contributed by atoms with Crippen molar-refractivity contribution in [2.45, 2.75) is 27.3 Å². The van der Waals surface area contributed by atoms with Crippen LogP contribution in [0.25, 0.3) is 10.2 Å². The van der Waals surface area contributed by atoms with Crippen molar-refractivity contribution < 1.29 is 19.0 Å². The van der Waals surface area contributed by atoms with Crippen molar-refractivity contribution in [3.8, 4) is 11.5 Å². The molecule has 0 unspecified atom stereocenters. The van der Waals surface area contributed by atoms with E-state index in [1.165, 1.54) is 11.3 Å². The van der Waals surface area contributed by atoms with Crippen LogP contribution in [0.4, 0.5) is 0 Å². The highest BCUT2D eigenvalue weighted by molar-refractivity contribution is 7.16. The first kappa shape index (κ1) is 22.3.